The van der Waals surface area contributed by atoms with E-state index in [4.69, 9.17) is 14.2 Å². The van der Waals surface area contributed by atoms with E-state index >= 15 is 0 Å². The number of ether oxygens (including phenoxy) is 3. The summed E-state index contributed by atoms with van der Waals surface area (Å²) < 4.78 is 16.2. The molecule has 0 fully saturated rings. The summed E-state index contributed by atoms with van der Waals surface area (Å²) in [4.78, 5) is 23.3. The smallest absolute Gasteiger partial charge is 0.361 e. The van der Waals surface area contributed by atoms with Crippen LogP contribution in [0, 0.1) is 0 Å². The topological polar surface area (TPSA) is 102 Å². The maximum Gasteiger partial charge on any atom is 0.361 e. The summed E-state index contributed by atoms with van der Waals surface area (Å²) >= 11 is 0. The van der Waals surface area contributed by atoms with E-state index in [1.54, 1.807) is 0 Å². The van der Waals surface area contributed by atoms with Gasteiger partial charge in [0.1, 0.15) is 19.3 Å². The van der Waals surface area contributed by atoms with E-state index in [1.165, 1.54) is 173 Å². The summed E-state index contributed by atoms with van der Waals surface area (Å²) in [5.41, 5.74) is 0. The minimum absolute atomic E-state index is 0.212. The molecule has 0 bridgehead atoms. The molecule has 2 unspecified atom stereocenters. The first kappa shape index (κ1) is 54.3. The minimum Gasteiger partial charge on any atom is -0.477 e. The van der Waals surface area contributed by atoms with E-state index < -0.39 is 18.4 Å². The van der Waals surface area contributed by atoms with Crippen molar-refractivity contribution < 1.29 is 38.5 Å². The Morgan fingerprint density at radius 2 is 0.929 bits per heavy atom. The number of hydrogen-bond acceptors (Lipinski definition) is 6. The number of nitrogens with zero attached hydrogens (tertiary/aromatic N) is 1. The van der Waals surface area contributed by atoms with E-state index in [1.807, 2.05) is 21.1 Å². The second-order valence-corrected chi connectivity index (χ2v) is 17.3. The van der Waals surface area contributed by atoms with Crippen LogP contribution < -0.4 is 0 Å². The number of esters is 1. The van der Waals surface area contributed by atoms with Gasteiger partial charge in [-0.2, -0.15) is 0 Å². The summed E-state index contributed by atoms with van der Waals surface area (Å²) in [6, 6.07) is 0. The number of quaternary nitrogens is 1. The molecule has 0 aliphatic carbocycles. The number of unbranched alkanes of at least 4 members (excludes halogenated alkanes) is 28. The number of rotatable bonds is 44. The quantitative estimate of drug-likeness (QED) is 0.0208. The highest BCUT2D eigenvalue weighted by Crippen LogP contribution is 2.16. The average molecular weight is 795 g/mol. The van der Waals surface area contributed by atoms with Gasteiger partial charge in [0.2, 0.25) is 0 Å². The zero-order valence-electron chi connectivity index (χ0n) is 37.3. The number of hydrogen-bond donors (Lipinski definition) is 2. The van der Waals surface area contributed by atoms with Crippen molar-refractivity contribution in [3.05, 3.63) is 24.3 Å². The van der Waals surface area contributed by atoms with Crippen molar-refractivity contribution in [2.75, 3.05) is 47.5 Å². The van der Waals surface area contributed by atoms with Crippen LogP contribution in [-0.2, 0) is 23.8 Å². The highest BCUT2D eigenvalue weighted by Gasteiger charge is 2.22. The molecule has 56 heavy (non-hydrogen) atoms. The zero-order chi connectivity index (χ0) is 41.2. The molecule has 0 aliphatic rings. The van der Waals surface area contributed by atoms with Gasteiger partial charge in [0, 0.05) is 6.42 Å². The van der Waals surface area contributed by atoms with Crippen molar-refractivity contribution in [1.29, 1.82) is 0 Å². The van der Waals surface area contributed by atoms with Crippen LogP contribution in [0.1, 0.15) is 212 Å². The van der Waals surface area contributed by atoms with E-state index in [0.29, 0.717) is 17.4 Å². The molecule has 330 valence electrons. The van der Waals surface area contributed by atoms with Crippen molar-refractivity contribution in [1.82, 2.24) is 0 Å². The molecule has 0 aromatic heterocycles. The van der Waals surface area contributed by atoms with Crippen LogP contribution in [0.5, 0.6) is 0 Å². The van der Waals surface area contributed by atoms with Gasteiger partial charge in [-0.3, -0.25) is 4.79 Å². The van der Waals surface area contributed by atoms with Crippen molar-refractivity contribution in [3.8, 4) is 0 Å². The number of likely N-dealkylation sites (N-methyl/N-ethyl adjacent to an activating group) is 1. The highest BCUT2D eigenvalue weighted by molar-refractivity contribution is 5.70. The number of carbonyl (C=O) groups excluding carboxylic acids is 1. The lowest BCUT2D eigenvalue weighted by Crippen LogP contribution is -2.40. The van der Waals surface area contributed by atoms with E-state index in [-0.39, 0.29) is 25.8 Å². The maximum atomic E-state index is 12.0. The second-order valence-electron chi connectivity index (χ2n) is 17.3. The van der Waals surface area contributed by atoms with Gasteiger partial charge in [0.05, 0.1) is 34.4 Å². The van der Waals surface area contributed by atoms with Gasteiger partial charge in [0.25, 0.3) is 6.29 Å². The summed E-state index contributed by atoms with van der Waals surface area (Å²) in [5.74, 6) is -1.60. The zero-order valence-corrected chi connectivity index (χ0v) is 37.3. The third-order valence-corrected chi connectivity index (χ3v) is 10.4. The number of carboxylic acids is 1. The Morgan fingerprint density at radius 3 is 1.32 bits per heavy atom. The molecule has 0 aromatic rings. The second kappa shape index (κ2) is 41.4. The van der Waals surface area contributed by atoms with Crippen molar-refractivity contribution >= 4 is 11.9 Å². The first-order valence-corrected chi connectivity index (χ1v) is 23.6. The first-order valence-electron chi connectivity index (χ1n) is 23.6. The Kier molecular flexibility index (Phi) is 40.1. The van der Waals surface area contributed by atoms with Crippen molar-refractivity contribution in [2.45, 2.75) is 225 Å². The first-order chi connectivity index (χ1) is 27.2. The van der Waals surface area contributed by atoms with Crippen molar-refractivity contribution in [2.24, 2.45) is 0 Å². The lowest BCUT2D eigenvalue weighted by molar-refractivity contribution is -0.870. The fourth-order valence-corrected chi connectivity index (χ4v) is 6.75. The third-order valence-electron chi connectivity index (χ3n) is 10.4. The largest absolute Gasteiger partial charge is 0.477 e. The molecule has 0 spiro atoms. The van der Waals surface area contributed by atoms with E-state index in [0.717, 1.165) is 25.7 Å². The van der Waals surface area contributed by atoms with E-state index in [2.05, 4.69) is 31.2 Å². The highest BCUT2D eigenvalue weighted by atomic mass is 16.7. The van der Waals surface area contributed by atoms with Crippen LogP contribution in [0.2, 0.25) is 0 Å². The molecule has 0 rings (SSSR count). The molecule has 0 aromatic carbocycles. The number of aliphatic carboxylic acids is 1. The predicted molar refractivity (Wildman–Crippen MR) is 235 cm³/mol. The van der Waals surface area contributed by atoms with Gasteiger partial charge in [-0.1, -0.05) is 192 Å². The van der Waals surface area contributed by atoms with Gasteiger partial charge in [-0.25, -0.2) is 4.79 Å². The lowest BCUT2D eigenvalue weighted by atomic mass is 10.0. The number of carbonyl (C=O) groups is 2. The van der Waals surface area contributed by atoms with Gasteiger partial charge in [-0.05, 0) is 38.5 Å². The SMILES string of the molecule is CCCCCCC/C=C\C/C=C\CCCCCCCCCCCCCCCCCCCCCCCCCC(=O)OCC(O)COC(OCC[N+](C)(C)C)C(=O)O. The fraction of sp³-hybridized carbons (Fsp3) is 0.875. The summed E-state index contributed by atoms with van der Waals surface area (Å²) in [6.45, 7) is 2.60. The van der Waals surface area contributed by atoms with Gasteiger partial charge < -0.3 is 28.9 Å². The predicted octanol–water partition coefficient (Wildman–Crippen LogP) is 12.7. The van der Waals surface area contributed by atoms with Crippen molar-refractivity contribution in [3.63, 3.8) is 0 Å². The summed E-state index contributed by atoms with van der Waals surface area (Å²) in [5, 5.41) is 19.3. The van der Waals surface area contributed by atoms with Gasteiger partial charge in [0.15, 0.2) is 0 Å². The molecule has 8 heteroatoms. The lowest BCUT2D eigenvalue weighted by Gasteiger charge is -2.24. The molecule has 8 nitrogen and oxygen atoms in total. The molecular formula is C48H92NO7+. The van der Waals surface area contributed by atoms with Gasteiger partial charge >= 0.3 is 11.9 Å². The standard InChI is InChI=1S/C48H91NO7/c1-5-6-7-8-9-10-11-12-13-14-15-16-17-18-19-20-21-22-23-24-25-26-27-28-29-30-31-32-33-34-35-36-37-38-39-40-46(51)55-43-45(50)44-56-48(47(52)53)54-42-41-49(2,3)4/h11-12,14-15,45,48,50H,5-10,13,16-44H2,1-4H3/p+1/b12-11-,15-14-. The normalized spacial score (nSPS) is 13.2. The van der Waals surface area contributed by atoms with Crippen LogP contribution in [-0.4, -0.2) is 86.5 Å². The van der Waals surface area contributed by atoms with Gasteiger partial charge in [-0.15, -0.1) is 0 Å². The van der Waals surface area contributed by atoms with Crippen LogP contribution in [0.4, 0.5) is 0 Å². The third kappa shape index (κ3) is 43.4. The van der Waals surface area contributed by atoms with Crippen LogP contribution in [0.15, 0.2) is 24.3 Å². The molecule has 2 atom stereocenters. The molecule has 0 radical (unpaired) electrons. The van der Waals surface area contributed by atoms with Crippen LogP contribution >= 0.6 is 0 Å². The molecular weight excluding hydrogens is 703 g/mol. The Bertz CT molecular complexity index is 916. The Labute approximate surface area is 346 Å². The molecule has 0 saturated carbocycles. The number of aliphatic hydroxyl groups excluding tert-OH is 1. The molecule has 0 heterocycles. The Hall–Kier alpha value is -1.74. The fourth-order valence-electron chi connectivity index (χ4n) is 6.75. The average Bonchev–Trinajstić information content (AvgIpc) is 3.16. The van der Waals surface area contributed by atoms with Crippen LogP contribution in [0.25, 0.3) is 0 Å². The summed E-state index contributed by atoms with van der Waals surface area (Å²) in [6.07, 6.45) is 48.3. The summed E-state index contributed by atoms with van der Waals surface area (Å²) in [7, 11) is 5.93. The molecule has 2 N–H and O–H groups in total. The minimum atomic E-state index is -1.46. The van der Waals surface area contributed by atoms with Crippen LogP contribution in [0.3, 0.4) is 0 Å². The molecule has 0 saturated heterocycles. The number of aliphatic hydroxyl groups is 1. The monoisotopic (exact) mass is 795 g/mol. The Morgan fingerprint density at radius 1 is 0.536 bits per heavy atom. The molecule has 0 amide bonds. The molecule has 0 aliphatic heterocycles. The van der Waals surface area contributed by atoms with E-state index in [9.17, 15) is 19.8 Å². The number of carboxylic acid groups (broad SMARTS) is 1. The Balaban J connectivity index is 3.36. The number of allylic oxidation sites excluding steroid dienone is 4. The maximum absolute atomic E-state index is 12.0.